The molecule has 0 radical (unpaired) electrons. The number of halogens is 1. The molecule has 3 fully saturated rings. The Bertz CT molecular complexity index is 915. The highest BCUT2D eigenvalue weighted by Crippen LogP contribution is 2.70. The number of hydrogen-bond donors (Lipinski definition) is 2. The Morgan fingerprint density at radius 1 is 1.25 bits per heavy atom. The molecule has 7 heteroatoms. The maximum absolute atomic E-state index is 13.0. The van der Waals surface area contributed by atoms with Crippen LogP contribution in [-0.4, -0.2) is 27.1 Å². The summed E-state index contributed by atoms with van der Waals surface area (Å²) in [6.07, 6.45) is 3.21. The van der Waals surface area contributed by atoms with Crippen LogP contribution in [0.3, 0.4) is 0 Å². The molecule has 1 unspecified atom stereocenters. The monoisotopic (exact) mass is 384 g/mol. The van der Waals surface area contributed by atoms with Crippen LogP contribution in [0.4, 0.5) is 10.1 Å². The van der Waals surface area contributed by atoms with E-state index in [1.165, 1.54) is 12.1 Å². The molecule has 3 aliphatic rings. The van der Waals surface area contributed by atoms with Gasteiger partial charge >= 0.3 is 0 Å². The van der Waals surface area contributed by atoms with Crippen LogP contribution >= 0.6 is 0 Å². The van der Waals surface area contributed by atoms with Crippen molar-refractivity contribution in [3.8, 4) is 0 Å². The number of aryl methyl sites for hydroxylation is 2. The van der Waals surface area contributed by atoms with Crippen molar-refractivity contribution < 1.29 is 14.0 Å². The second kappa shape index (κ2) is 6.43. The van der Waals surface area contributed by atoms with E-state index in [1.54, 1.807) is 23.9 Å². The van der Waals surface area contributed by atoms with Gasteiger partial charge in [0.1, 0.15) is 11.5 Å². The van der Waals surface area contributed by atoms with Gasteiger partial charge in [0, 0.05) is 24.2 Å². The van der Waals surface area contributed by atoms with Crippen LogP contribution in [0.15, 0.2) is 30.3 Å². The molecule has 28 heavy (non-hydrogen) atoms. The summed E-state index contributed by atoms with van der Waals surface area (Å²) in [5.41, 5.74) is 1.80. The molecular weight excluding hydrogens is 359 g/mol. The van der Waals surface area contributed by atoms with Crippen molar-refractivity contribution >= 4 is 17.5 Å². The van der Waals surface area contributed by atoms with Crippen molar-refractivity contribution in [2.45, 2.75) is 45.1 Å². The van der Waals surface area contributed by atoms with Crippen molar-refractivity contribution in [3.05, 3.63) is 47.5 Å². The Kier molecular flexibility index (Phi) is 4.28. The van der Waals surface area contributed by atoms with Crippen LogP contribution in [0.2, 0.25) is 0 Å². The van der Waals surface area contributed by atoms with E-state index in [0.717, 1.165) is 31.4 Å². The van der Waals surface area contributed by atoms with Gasteiger partial charge in [-0.1, -0.05) is 13.8 Å². The molecule has 0 aliphatic heterocycles. The Morgan fingerprint density at radius 2 is 1.89 bits per heavy atom. The van der Waals surface area contributed by atoms with Gasteiger partial charge in [0.2, 0.25) is 5.91 Å². The number of anilines is 1. The van der Waals surface area contributed by atoms with Gasteiger partial charge in [0.25, 0.3) is 5.91 Å². The Labute approximate surface area is 163 Å². The summed E-state index contributed by atoms with van der Waals surface area (Å²) in [4.78, 5) is 25.2. The Morgan fingerprint density at radius 3 is 2.46 bits per heavy atom. The van der Waals surface area contributed by atoms with Gasteiger partial charge in [0.05, 0.1) is 5.69 Å². The van der Waals surface area contributed by atoms with E-state index in [-0.39, 0.29) is 34.5 Å². The minimum absolute atomic E-state index is 0.0571. The largest absolute Gasteiger partial charge is 0.345 e. The second-order valence-corrected chi connectivity index (χ2v) is 8.34. The van der Waals surface area contributed by atoms with Crippen LogP contribution in [0, 0.1) is 17.2 Å². The number of amides is 2. The fourth-order valence-electron chi connectivity index (χ4n) is 4.74. The number of benzene rings is 1. The zero-order valence-electron chi connectivity index (χ0n) is 16.4. The standard InChI is InChI=1S/C21H25FN4O2/c1-4-15-9-17(26(3)25-15)19(28)24-21-10-20(11-21,12-21)13(2)18(27)23-16-7-5-14(22)6-8-16/h5-9,13H,4,10-12H2,1-3H3,(H,23,27)(H,24,28). The lowest BCUT2D eigenvalue weighted by Crippen LogP contribution is -2.77. The summed E-state index contributed by atoms with van der Waals surface area (Å²) >= 11 is 0. The van der Waals surface area contributed by atoms with Gasteiger partial charge < -0.3 is 10.6 Å². The van der Waals surface area contributed by atoms with Crippen molar-refractivity contribution in [1.29, 1.82) is 0 Å². The number of nitrogens with one attached hydrogen (secondary N) is 2. The second-order valence-electron chi connectivity index (χ2n) is 8.34. The number of nitrogens with zero attached hydrogens (tertiary/aromatic N) is 2. The molecule has 148 valence electrons. The third kappa shape index (κ3) is 2.99. The molecular formula is C21H25FN4O2. The van der Waals surface area contributed by atoms with E-state index in [4.69, 9.17) is 0 Å². The number of carbonyl (C=O) groups excluding carboxylic acids is 2. The summed E-state index contributed by atoms with van der Waals surface area (Å²) < 4.78 is 14.6. The SMILES string of the molecule is CCc1cc(C(=O)NC23CC(C(C)C(=O)Nc4ccc(F)cc4)(C2)C3)n(C)n1. The molecule has 0 saturated heterocycles. The van der Waals surface area contributed by atoms with Crippen LogP contribution in [0.25, 0.3) is 0 Å². The van der Waals surface area contributed by atoms with E-state index in [2.05, 4.69) is 15.7 Å². The van der Waals surface area contributed by atoms with Crippen LogP contribution in [-0.2, 0) is 18.3 Å². The van der Waals surface area contributed by atoms with Gasteiger partial charge in [-0.15, -0.1) is 0 Å². The molecule has 0 spiro atoms. The highest BCUT2D eigenvalue weighted by atomic mass is 19.1. The molecule has 2 aromatic rings. The zero-order valence-corrected chi connectivity index (χ0v) is 16.4. The topological polar surface area (TPSA) is 76.0 Å². The minimum atomic E-state index is -0.331. The molecule has 3 aliphatic carbocycles. The first-order valence-electron chi connectivity index (χ1n) is 9.68. The molecule has 6 nitrogen and oxygen atoms in total. The first kappa shape index (κ1) is 18.7. The summed E-state index contributed by atoms with van der Waals surface area (Å²) in [5, 5.41) is 10.3. The van der Waals surface area contributed by atoms with Gasteiger partial charge in [-0.25, -0.2) is 4.39 Å². The Hall–Kier alpha value is -2.70. The van der Waals surface area contributed by atoms with Gasteiger partial charge in [-0.2, -0.15) is 5.10 Å². The van der Waals surface area contributed by atoms with Gasteiger partial charge in [-0.05, 0) is 61.4 Å². The summed E-state index contributed by atoms with van der Waals surface area (Å²) in [5.74, 6) is -0.667. The van der Waals surface area contributed by atoms with Gasteiger partial charge in [-0.3, -0.25) is 14.3 Å². The number of carbonyl (C=O) groups is 2. The lowest BCUT2D eigenvalue weighted by Gasteiger charge is -2.72. The minimum Gasteiger partial charge on any atom is -0.345 e. The third-order valence-corrected chi connectivity index (χ3v) is 6.40. The third-order valence-electron chi connectivity index (χ3n) is 6.40. The predicted octanol–water partition coefficient (Wildman–Crippen LogP) is 3.05. The van der Waals surface area contributed by atoms with Crippen LogP contribution < -0.4 is 10.6 Å². The smallest absolute Gasteiger partial charge is 0.269 e. The quantitative estimate of drug-likeness (QED) is 0.804. The molecule has 5 rings (SSSR count). The summed E-state index contributed by atoms with van der Waals surface area (Å²) in [7, 11) is 1.78. The zero-order chi connectivity index (χ0) is 20.1. The van der Waals surface area contributed by atoms with E-state index >= 15 is 0 Å². The fraction of sp³-hybridized carbons (Fsp3) is 0.476. The van der Waals surface area contributed by atoms with Gasteiger partial charge in [0.15, 0.2) is 0 Å². The predicted molar refractivity (Wildman–Crippen MR) is 103 cm³/mol. The number of rotatable bonds is 6. The summed E-state index contributed by atoms with van der Waals surface area (Å²) in [6.45, 7) is 3.94. The average molecular weight is 384 g/mol. The first-order chi connectivity index (χ1) is 13.3. The van der Waals surface area contributed by atoms with Crippen molar-refractivity contribution in [2.24, 2.45) is 18.4 Å². The highest BCUT2D eigenvalue weighted by Gasteiger charge is 2.71. The fourth-order valence-corrected chi connectivity index (χ4v) is 4.74. The maximum atomic E-state index is 13.0. The lowest BCUT2D eigenvalue weighted by molar-refractivity contribution is -0.184. The van der Waals surface area contributed by atoms with E-state index in [0.29, 0.717) is 11.4 Å². The first-order valence-corrected chi connectivity index (χ1v) is 9.68. The van der Waals surface area contributed by atoms with Crippen molar-refractivity contribution in [3.63, 3.8) is 0 Å². The molecule has 1 aromatic carbocycles. The summed E-state index contributed by atoms with van der Waals surface area (Å²) in [6, 6.07) is 7.60. The molecule has 2 amide bonds. The van der Waals surface area contributed by atoms with E-state index < -0.39 is 0 Å². The molecule has 1 heterocycles. The van der Waals surface area contributed by atoms with E-state index in [9.17, 15) is 14.0 Å². The normalized spacial score (nSPS) is 26.0. The average Bonchev–Trinajstić information content (AvgIpc) is 2.99. The lowest BCUT2D eigenvalue weighted by atomic mass is 9.36. The van der Waals surface area contributed by atoms with E-state index in [1.807, 2.05) is 19.9 Å². The number of aromatic nitrogens is 2. The van der Waals surface area contributed by atoms with Crippen molar-refractivity contribution in [1.82, 2.24) is 15.1 Å². The van der Waals surface area contributed by atoms with Crippen LogP contribution in [0.5, 0.6) is 0 Å². The maximum Gasteiger partial charge on any atom is 0.269 e. The van der Waals surface area contributed by atoms with Crippen molar-refractivity contribution in [2.75, 3.05) is 5.32 Å². The Balaban J connectivity index is 1.34. The van der Waals surface area contributed by atoms with Crippen LogP contribution in [0.1, 0.15) is 49.3 Å². The molecule has 1 atom stereocenters. The number of hydrogen-bond acceptors (Lipinski definition) is 3. The highest BCUT2D eigenvalue weighted by molar-refractivity contribution is 5.95. The molecule has 1 aromatic heterocycles. The molecule has 3 saturated carbocycles. The molecule has 2 bridgehead atoms. The molecule has 2 N–H and O–H groups in total.